The highest BCUT2D eigenvalue weighted by Gasteiger charge is 2.13. The predicted octanol–water partition coefficient (Wildman–Crippen LogP) is 5.16. The highest BCUT2D eigenvalue weighted by atomic mass is 35.5. The standard InChI is InChI=1S/C16H11Cl3N4O2S/c1-25-13-5-8(4-12(19)14(13)24)7-20-23-15(21-22-16(23)26)10-3-2-9(17)6-11(10)18/h2-7,24H,1H3,(H,22,26)/b20-7+. The molecular weight excluding hydrogens is 419 g/mol. The van der Waals surface area contributed by atoms with Crippen LogP contribution in [0.25, 0.3) is 11.4 Å². The number of phenols is 1. The van der Waals surface area contributed by atoms with Gasteiger partial charge in [-0.1, -0.05) is 34.8 Å². The van der Waals surface area contributed by atoms with E-state index in [0.717, 1.165) is 0 Å². The van der Waals surface area contributed by atoms with Crippen LogP contribution in [0.5, 0.6) is 11.5 Å². The Morgan fingerprint density at radius 2 is 2.00 bits per heavy atom. The monoisotopic (exact) mass is 428 g/mol. The van der Waals surface area contributed by atoms with E-state index in [1.165, 1.54) is 18.0 Å². The summed E-state index contributed by atoms with van der Waals surface area (Å²) in [5, 5.41) is 22.0. The number of aromatic nitrogens is 3. The molecule has 134 valence electrons. The number of benzene rings is 2. The summed E-state index contributed by atoms with van der Waals surface area (Å²) in [5.74, 6) is 0.514. The molecule has 3 rings (SSSR count). The van der Waals surface area contributed by atoms with Crippen molar-refractivity contribution in [3.8, 4) is 22.9 Å². The van der Waals surface area contributed by atoms with Gasteiger partial charge in [-0.3, -0.25) is 0 Å². The molecule has 10 heteroatoms. The molecule has 3 aromatic rings. The number of H-pyrrole nitrogens is 1. The third-order valence-electron chi connectivity index (χ3n) is 3.42. The summed E-state index contributed by atoms with van der Waals surface area (Å²) in [6.07, 6.45) is 1.51. The smallest absolute Gasteiger partial charge is 0.216 e. The second kappa shape index (κ2) is 7.67. The highest BCUT2D eigenvalue weighted by Crippen LogP contribution is 2.34. The molecule has 0 aliphatic rings. The van der Waals surface area contributed by atoms with E-state index in [1.54, 1.807) is 30.3 Å². The van der Waals surface area contributed by atoms with Crippen molar-refractivity contribution in [1.29, 1.82) is 0 Å². The number of ether oxygens (including phenoxy) is 1. The van der Waals surface area contributed by atoms with Crippen molar-refractivity contribution in [3.63, 3.8) is 0 Å². The van der Waals surface area contributed by atoms with Crippen LogP contribution in [0.3, 0.4) is 0 Å². The molecule has 2 aromatic carbocycles. The summed E-state index contributed by atoms with van der Waals surface area (Å²) in [6.45, 7) is 0. The number of hydrogen-bond donors (Lipinski definition) is 2. The summed E-state index contributed by atoms with van der Waals surface area (Å²) in [5.41, 5.74) is 1.21. The van der Waals surface area contributed by atoms with Crippen molar-refractivity contribution in [2.24, 2.45) is 5.10 Å². The third kappa shape index (κ3) is 3.71. The molecule has 0 fully saturated rings. The van der Waals surface area contributed by atoms with Crippen molar-refractivity contribution in [3.05, 3.63) is 55.7 Å². The van der Waals surface area contributed by atoms with Gasteiger partial charge in [-0.05, 0) is 48.1 Å². The molecule has 1 heterocycles. The molecule has 0 unspecified atom stereocenters. The Balaban J connectivity index is 2.04. The van der Waals surface area contributed by atoms with Gasteiger partial charge in [-0.25, -0.2) is 5.10 Å². The Bertz CT molecular complexity index is 1060. The van der Waals surface area contributed by atoms with Gasteiger partial charge < -0.3 is 9.84 Å². The van der Waals surface area contributed by atoms with E-state index in [2.05, 4.69) is 15.3 Å². The van der Waals surface area contributed by atoms with Gasteiger partial charge in [0.15, 0.2) is 17.3 Å². The normalized spacial score (nSPS) is 11.2. The second-order valence-corrected chi connectivity index (χ2v) is 6.72. The van der Waals surface area contributed by atoms with Gasteiger partial charge in [-0.2, -0.15) is 14.9 Å². The van der Waals surface area contributed by atoms with Crippen LogP contribution in [0.15, 0.2) is 35.4 Å². The average Bonchev–Trinajstić information content (AvgIpc) is 2.96. The summed E-state index contributed by atoms with van der Waals surface area (Å²) in [4.78, 5) is 0. The first-order chi connectivity index (χ1) is 12.4. The zero-order chi connectivity index (χ0) is 18.8. The van der Waals surface area contributed by atoms with Crippen LogP contribution in [-0.4, -0.2) is 33.3 Å². The first-order valence-corrected chi connectivity index (χ1v) is 8.68. The SMILES string of the molecule is COc1cc(/C=N/n2c(-c3ccc(Cl)cc3Cl)n[nH]c2=S)cc(Cl)c1O. The molecule has 26 heavy (non-hydrogen) atoms. The van der Waals surface area contributed by atoms with Crippen LogP contribution in [0.4, 0.5) is 0 Å². The van der Waals surface area contributed by atoms with Crippen molar-refractivity contribution >= 4 is 53.2 Å². The molecule has 6 nitrogen and oxygen atoms in total. The number of hydrogen-bond acceptors (Lipinski definition) is 5. The fourth-order valence-corrected chi connectivity index (χ4v) is 3.08. The van der Waals surface area contributed by atoms with Crippen LogP contribution >= 0.6 is 47.0 Å². The van der Waals surface area contributed by atoms with Gasteiger partial charge in [0.05, 0.1) is 23.4 Å². The van der Waals surface area contributed by atoms with E-state index in [1.807, 2.05) is 0 Å². The number of nitrogens with zero attached hydrogens (tertiary/aromatic N) is 3. The lowest BCUT2D eigenvalue weighted by Crippen LogP contribution is -1.96. The van der Waals surface area contributed by atoms with E-state index in [4.69, 9.17) is 51.8 Å². The van der Waals surface area contributed by atoms with Gasteiger partial charge in [0, 0.05) is 10.6 Å². The Kier molecular flexibility index (Phi) is 5.52. The summed E-state index contributed by atoms with van der Waals surface area (Å²) >= 11 is 23.4. The number of rotatable bonds is 4. The first-order valence-electron chi connectivity index (χ1n) is 7.14. The quantitative estimate of drug-likeness (QED) is 0.443. The zero-order valence-corrected chi connectivity index (χ0v) is 16.3. The number of halogens is 3. The molecule has 2 N–H and O–H groups in total. The van der Waals surface area contributed by atoms with Gasteiger partial charge in [0.2, 0.25) is 4.77 Å². The van der Waals surface area contributed by atoms with Gasteiger partial charge >= 0.3 is 0 Å². The maximum Gasteiger partial charge on any atom is 0.216 e. The Hall–Kier alpha value is -2.06. The maximum absolute atomic E-state index is 9.80. The lowest BCUT2D eigenvalue weighted by atomic mass is 10.2. The fraction of sp³-hybridized carbons (Fsp3) is 0.0625. The minimum Gasteiger partial charge on any atom is -0.503 e. The molecule has 0 atom stereocenters. The van der Waals surface area contributed by atoms with Crippen molar-refractivity contribution < 1.29 is 9.84 Å². The number of nitrogens with one attached hydrogen (secondary N) is 1. The fourth-order valence-electron chi connectivity index (χ4n) is 2.19. The zero-order valence-electron chi connectivity index (χ0n) is 13.2. The molecule has 0 spiro atoms. The van der Waals surface area contributed by atoms with Crippen LogP contribution in [0.2, 0.25) is 15.1 Å². The Morgan fingerprint density at radius 3 is 2.69 bits per heavy atom. The molecule has 0 saturated carbocycles. The minimum absolute atomic E-state index is 0.139. The topological polar surface area (TPSA) is 75.4 Å². The second-order valence-electron chi connectivity index (χ2n) is 5.09. The van der Waals surface area contributed by atoms with Crippen LogP contribution in [0.1, 0.15) is 5.56 Å². The van der Waals surface area contributed by atoms with E-state index in [-0.39, 0.29) is 21.3 Å². The molecular formula is C16H11Cl3N4O2S. The first kappa shape index (κ1) is 18.7. The van der Waals surface area contributed by atoms with E-state index < -0.39 is 0 Å². The predicted molar refractivity (Wildman–Crippen MR) is 106 cm³/mol. The van der Waals surface area contributed by atoms with E-state index in [0.29, 0.717) is 27.0 Å². The van der Waals surface area contributed by atoms with Crippen LogP contribution in [0, 0.1) is 4.77 Å². The van der Waals surface area contributed by atoms with E-state index in [9.17, 15) is 5.11 Å². The highest BCUT2D eigenvalue weighted by molar-refractivity contribution is 7.71. The minimum atomic E-state index is -0.139. The van der Waals surface area contributed by atoms with Crippen LogP contribution in [-0.2, 0) is 0 Å². The van der Waals surface area contributed by atoms with Crippen molar-refractivity contribution in [1.82, 2.24) is 14.9 Å². The maximum atomic E-state index is 9.80. The molecule has 0 aliphatic carbocycles. The van der Waals surface area contributed by atoms with Crippen molar-refractivity contribution in [2.45, 2.75) is 0 Å². The lowest BCUT2D eigenvalue weighted by Gasteiger charge is -2.06. The average molecular weight is 430 g/mol. The largest absolute Gasteiger partial charge is 0.503 e. The third-order valence-corrected chi connectivity index (χ3v) is 4.52. The van der Waals surface area contributed by atoms with Gasteiger partial charge in [0.1, 0.15) is 0 Å². The molecule has 0 radical (unpaired) electrons. The number of phenolic OH excluding ortho intramolecular Hbond substituents is 1. The molecule has 0 saturated heterocycles. The summed E-state index contributed by atoms with van der Waals surface area (Å²) in [6, 6.07) is 8.15. The summed E-state index contributed by atoms with van der Waals surface area (Å²) in [7, 11) is 1.43. The van der Waals surface area contributed by atoms with Gasteiger partial charge in [-0.15, -0.1) is 0 Å². The van der Waals surface area contributed by atoms with Gasteiger partial charge in [0.25, 0.3) is 0 Å². The Morgan fingerprint density at radius 1 is 1.23 bits per heavy atom. The summed E-state index contributed by atoms with van der Waals surface area (Å²) < 4.78 is 6.77. The molecule has 0 aliphatic heterocycles. The lowest BCUT2D eigenvalue weighted by molar-refractivity contribution is 0.373. The Labute approximate surface area is 168 Å². The van der Waals surface area contributed by atoms with E-state index >= 15 is 0 Å². The molecule has 0 bridgehead atoms. The number of methoxy groups -OCH3 is 1. The number of aromatic hydroxyl groups is 1. The molecule has 0 amide bonds. The molecule has 1 aromatic heterocycles. The number of aromatic amines is 1. The van der Waals surface area contributed by atoms with Crippen molar-refractivity contribution in [2.75, 3.05) is 7.11 Å². The van der Waals surface area contributed by atoms with Crippen LogP contribution < -0.4 is 4.74 Å².